The minimum Gasteiger partial charge on any atom is -0.341 e. The molecular weight excluding hydrogens is 540 g/mol. The fourth-order valence-corrected chi connectivity index (χ4v) is 5.53. The molecule has 2 saturated heterocycles. The average Bonchev–Trinajstić information content (AvgIpc) is 3.09. The zero-order valence-corrected chi connectivity index (χ0v) is 23.0. The fraction of sp³-hybridized carbons (Fsp3) is 0.200. The van der Waals surface area contributed by atoms with E-state index in [1.807, 2.05) is 24.3 Å². The molecule has 0 amide bonds. The van der Waals surface area contributed by atoms with Crippen LogP contribution in [-0.4, -0.2) is 26.4 Å². The molecule has 0 atom stereocenters. The van der Waals surface area contributed by atoms with Crippen molar-refractivity contribution < 1.29 is 18.9 Å². The van der Waals surface area contributed by atoms with Crippen molar-refractivity contribution in [1.29, 1.82) is 21.0 Å². The van der Waals surface area contributed by atoms with E-state index in [0.717, 1.165) is 0 Å². The lowest BCUT2D eigenvalue weighted by atomic mass is 9.85. The van der Waals surface area contributed by atoms with E-state index in [1.165, 1.54) is 0 Å². The number of rotatable bonds is 4. The van der Waals surface area contributed by atoms with E-state index in [0.29, 0.717) is 44.5 Å². The number of nitriles is 4. The first-order valence-electron chi connectivity index (χ1n) is 13.6. The summed E-state index contributed by atoms with van der Waals surface area (Å²) >= 11 is 0. The molecule has 0 radical (unpaired) electrons. The van der Waals surface area contributed by atoms with E-state index in [9.17, 15) is 21.0 Å². The minimum atomic E-state index is -1.36. The summed E-state index contributed by atoms with van der Waals surface area (Å²) < 4.78 is 26.4. The highest BCUT2D eigenvalue weighted by Crippen LogP contribution is 2.47. The number of ether oxygens (including phenoxy) is 4. The van der Waals surface area contributed by atoms with Crippen molar-refractivity contribution in [1.82, 2.24) is 0 Å². The van der Waals surface area contributed by atoms with Crippen LogP contribution in [0.1, 0.15) is 44.5 Å². The minimum absolute atomic E-state index is 0.188. The maximum Gasteiger partial charge on any atom is 0.222 e. The highest BCUT2D eigenvalue weighted by molar-refractivity contribution is 5.45. The van der Waals surface area contributed by atoms with Gasteiger partial charge in [0.05, 0.1) is 78.4 Å². The highest BCUT2D eigenvalue weighted by atomic mass is 16.7. The standard InChI is InChI=1S/C35H24N4O4/c36-17-25-5-1-9-29(13-25)34(30-10-2-6-26(14-30)18-37)40-21-33(22-41-34)23-42-35(43-24-33,31-11-3-7-27(15-31)19-38)32-12-4-8-28(16-32)20-39/h1-16H,21-24H2. The third-order valence-corrected chi connectivity index (χ3v) is 7.81. The van der Waals surface area contributed by atoms with Gasteiger partial charge in [0.15, 0.2) is 0 Å². The predicted molar refractivity (Wildman–Crippen MR) is 152 cm³/mol. The van der Waals surface area contributed by atoms with Gasteiger partial charge in [-0.15, -0.1) is 0 Å². The second-order valence-corrected chi connectivity index (χ2v) is 10.7. The monoisotopic (exact) mass is 564 g/mol. The molecule has 0 saturated carbocycles. The molecule has 43 heavy (non-hydrogen) atoms. The Kier molecular flexibility index (Phi) is 7.22. The van der Waals surface area contributed by atoms with Crippen LogP contribution in [0.2, 0.25) is 0 Å². The van der Waals surface area contributed by atoms with Gasteiger partial charge in [0.25, 0.3) is 0 Å². The average molecular weight is 565 g/mol. The first-order chi connectivity index (χ1) is 21.0. The van der Waals surface area contributed by atoms with Crippen molar-refractivity contribution in [2.24, 2.45) is 5.41 Å². The quantitative estimate of drug-likeness (QED) is 0.324. The van der Waals surface area contributed by atoms with E-state index in [4.69, 9.17) is 18.9 Å². The van der Waals surface area contributed by atoms with Gasteiger partial charge in [-0.3, -0.25) is 0 Å². The molecular formula is C35H24N4O4. The SMILES string of the molecule is N#Cc1cccc(C2(c3cccc(C#N)c3)OCC3(CO2)COC(c2cccc(C#N)c2)(c2cccc(C#N)c2)OC3)c1. The first-order valence-corrected chi connectivity index (χ1v) is 13.6. The summed E-state index contributed by atoms with van der Waals surface area (Å²) in [5.41, 5.74) is 3.64. The third-order valence-electron chi connectivity index (χ3n) is 7.81. The maximum absolute atomic E-state index is 9.56. The number of hydrogen-bond acceptors (Lipinski definition) is 8. The first kappa shape index (κ1) is 27.8. The molecule has 0 aliphatic carbocycles. The summed E-state index contributed by atoms with van der Waals surface area (Å²) in [6.45, 7) is 0.750. The van der Waals surface area contributed by atoms with Gasteiger partial charge < -0.3 is 18.9 Å². The zero-order valence-electron chi connectivity index (χ0n) is 23.0. The Morgan fingerprint density at radius 2 is 0.674 bits per heavy atom. The van der Waals surface area contributed by atoms with Gasteiger partial charge in [-0.1, -0.05) is 48.5 Å². The van der Waals surface area contributed by atoms with E-state index in [1.54, 1.807) is 72.8 Å². The number of nitrogens with zero attached hydrogens (tertiary/aromatic N) is 4. The van der Waals surface area contributed by atoms with Crippen molar-refractivity contribution in [3.8, 4) is 24.3 Å². The Balaban J connectivity index is 1.34. The molecule has 2 aliphatic heterocycles. The molecule has 8 nitrogen and oxygen atoms in total. The fourth-order valence-electron chi connectivity index (χ4n) is 5.53. The molecule has 0 unspecified atom stereocenters. The highest BCUT2D eigenvalue weighted by Gasteiger charge is 2.53. The molecule has 2 fully saturated rings. The lowest BCUT2D eigenvalue weighted by Gasteiger charge is -2.51. The molecule has 6 rings (SSSR count). The molecule has 0 bridgehead atoms. The lowest BCUT2D eigenvalue weighted by molar-refractivity contribution is -0.357. The lowest BCUT2D eigenvalue weighted by Crippen LogP contribution is -2.57. The Bertz CT molecular complexity index is 1600. The van der Waals surface area contributed by atoms with Crippen LogP contribution in [0.3, 0.4) is 0 Å². The van der Waals surface area contributed by atoms with Gasteiger partial charge in [0.2, 0.25) is 11.6 Å². The van der Waals surface area contributed by atoms with Crippen LogP contribution >= 0.6 is 0 Å². The Morgan fingerprint density at radius 1 is 0.419 bits per heavy atom. The molecule has 2 aliphatic rings. The summed E-state index contributed by atoms with van der Waals surface area (Å²) in [7, 11) is 0. The summed E-state index contributed by atoms with van der Waals surface area (Å²) in [6.07, 6.45) is 0. The smallest absolute Gasteiger partial charge is 0.222 e. The predicted octanol–water partition coefficient (Wildman–Crippen LogP) is 5.36. The summed E-state index contributed by atoms with van der Waals surface area (Å²) in [4.78, 5) is 0. The van der Waals surface area contributed by atoms with Gasteiger partial charge in [-0.05, 0) is 48.5 Å². The Labute approximate surface area is 249 Å². The second-order valence-electron chi connectivity index (χ2n) is 10.7. The molecule has 0 N–H and O–H groups in total. The van der Waals surface area contributed by atoms with Crippen LogP contribution in [0.5, 0.6) is 0 Å². The van der Waals surface area contributed by atoms with Crippen LogP contribution < -0.4 is 0 Å². The van der Waals surface area contributed by atoms with E-state index in [-0.39, 0.29) is 26.4 Å². The normalized spacial score (nSPS) is 18.0. The van der Waals surface area contributed by atoms with Crippen LogP contribution in [0.15, 0.2) is 97.1 Å². The van der Waals surface area contributed by atoms with E-state index in [2.05, 4.69) is 24.3 Å². The van der Waals surface area contributed by atoms with Crippen LogP contribution in [0.25, 0.3) is 0 Å². The van der Waals surface area contributed by atoms with Crippen LogP contribution in [-0.2, 0) is 30.5 Å². The van der Waals surface area contributed by atoms with Gasteiger partial charge >= 0.3 is 0 Å². The topological polar surface area (TPSA) is 132 Å². The number of hydrogen-bond donors (Lipinski definition) is 0. The molecule has 2 heterocycles. The molecule has 0 aromatic heterocycles. The summed E-state index contributed by atoms with van der Waals surface area (Å²) in [5.74, 6) is -2.72. The van der Waals surface area contributed by atoms with E-state index < -0.39 is 17.0 Å². The van der Waals surface area contributed by atoms with Crippen molar-refractivity contribution in [2.45, 2.75) is 11.6 Å². The van der Waals surface area contributed by atoms with Crippen molar-refractivity contribution in [2.75, 3.05) is 26.4 Å². The van der Waals surface area contributed by atoms with Crippen LogP contribution in [0, 0.1) is 50.7 Å². The Hall–Kier alpha value is -5.32. The van der Waals surface area contributed by atoms with E-state index >= 15 is 0 Å². The zero-order chi connectivity index (χ0) is 29.9. The molecule has 1 spiro atoms. The summed E-state index contributed by atoms with van der Waals surface area (Å²) in [6, 6.07) is 36.8. The summed E-state index contributed by atoms with van der Waals surface area (Å²) in [5, 5.41) is 38.2. The van der Waals surface area contributed by atoms with Gasteiger partial charge in [0.1, 0.15) is 0 Å². The van der Waals surface area contributed by atoms with Crippen LogP contribution in [0.4, 0.5) is 0 Å². The van der Waals surface area contributed by atoms with Crippen molar-refractivity contribution >= 4 is 0 Å². The molecule has 208 valence electrons. The Morgan fingerprint density at radius 3 is 0.907 bits per heavy atom. The largest absolute Gasteiger partial charge is 0.341 e. The molecule has 8 heteroatoms. The maximum atomic E-state index is 9.56. The molecule has 4 aromatic carbocycles. The third kappa shape index (κ3) is 4.92. The van der Waals surface area contributed by atoms with Gasteiger partial charge in [-0.2, -0.15) is 21.0 Å². The second kappa shape index (κ2) is 11.2. The number of benzene rings is 4. The molecule has 4 aromatic rings. The van der Waals surface area contributed by atoms with Gasteiger partial charge in [0, 0.05) is 22.3 Å². The van der Waals surface area contributed by atoms with Gasteiger partial charge in [-0.25, -0.2) is 0 Å². The van der Waals surface area contributed by atoms with Crippen molar-refractivity contribution in [3.63, 3.8) is 0 Å². The van der Waals surface area contributed by atoms with Crippen molar-refractivity contribution in [3.05, 3.63) is 142 Å².